The molecular formula is C18H25N3O4. The number of aliphatic carboxylic acids is 1. The maximum atomic E-state index is 11.6. The maximum absolute atomic E-state index is 11.6. The van der Waals surface area contributed by atoms with Crippen LogP contribution in [0.25, 0.3) is 0 Å². The summed E-state index contributed by atoms with van der Waals surface area (Å²) in [5.41, 5.74) is 0.267. The second-order valence-electron chi connectivity index (χ2n) is 7.23. The van der Waals surface area contributed by atoms with Gasteiger partial charge >= 0.3 is 11.9 Å². The minimum absolute atomic E-state index is 0.0791. The van der Waals surface area contributed by atoms with E-state index in [4.69, 9.17) is 5.11 Å². The highest BCUT2D eigenvalue weighted by Crippen LogP contribution is 2.44. The summed E-state index contributed by atoms with van der Waals surface area (Å²) < 4.78 is 0. The lowest BCUT2D eigenvalue weighted by Gasteiger charge is -2.40. The van der Waals surface area contributed by atoms with Crippen LogP contribution < -0.4 is 4.90 Å². The Morgan fingerprint density at radius 3 is 2.52 bits per heavy atom. The zero-order valence-electron chi connectivity index (χ0n) is 14.5. The van der Waals surface area contributed by atoms with Gasteiger partial charge in [0.25, 0.3) is 0 Å². The Labute approximate surface area is 147 Å². The molecule has 1 aromatic rings. The van der Waals surface area contributed by atoms with Crippen molar-refractivity contribution in [3.8, 4) is 0 Å². The number of likely N-dealkylation sites (tertiary alicyclic amines) is 1. The third-order valence-corrected chi connectivity index (χ3v) is 5.54. The van der Waals surface area contributed by atoms with E-state index in [2.05, 4.69) is 21.7 Å². The fourth-order valence-corrected chi connectivity index (χ4v) is 4.18. The summed E-state index contributed by atoms with van der Waals surface area (Å²) in [6.07, 6.45) is 4.97. The number of hydrogen-bond acceptors (Lipinski definition) is 5. The quantitative estimate of drug-likeness (QED) is 0.840. The molecule has 0 saturated carbocycles. The molecule has 7 nitrogen and oxygen atoms in total. The van der Waals surface area contributed by atoms with Gasteiger partial charge in [-0.1, -0.05) is 6.92 Å². The SMILES string of the molecule is CCCN1CC2(CCN(c3ccc(C(=O)O)cn3)CC2)C[C@@H]1C(=O)O. The number of hydrogen-bond donors (Lipinski definition) is 2. The minimum atomic E-state index is -0.974. The molecule has 0 amide bonds. The van der Waals surface area contributed by atoms with Crippen molar-refractivity contribution in [2.45, 2.75) is 38.6 Å². The van der Waals surface area contributed by atoms with Crippen LogP contribution in [-0.2, 0) is 4.79 Å². The van der Waals surface area contributed by atoms with E-state index in [0.717, 1.165) is 57.7 Å². The molecule has 2 saturated heterocycles. The lowest BCUT2D eigenvalue weighted by atomic mass is 9.76. The molecule has 0 radical (unpaired) electrons. The number of aromatic nitrogens is 1. The molecule has 1 atom stereocenters. The van der Waals surface area contributed by atoms with E-state index >= 15 is 0 Å². The second kappa shape index (κ2) is 7.00. The number of rotatable bonds is 5. The van der Waals surface area contributed by atoms with Gasteiger partial charge in [0.2, 0.25) is 0 Å². The highest BCUT2D eigenvalue weighted by atomic mass is 16.4. The molecule has 2 aliphatic rings. The van der Waals surface area contributed by atoms with Crippen LogP contribution in [0.15, 0.2) is 18.3 Å². The van der Waals surface area contributed by atoms with Crippen molar-refractivity contribution in [2.24, 2.45) is 5.41 Å². The van der Waals surface area contributed by atoms with E-state index in [0.29, 0.717) is 0 Å². The predicted octanol–water partition coefficient (Wildman–Crippen LogP) is 1.94. The number of carboxylic acids is 2. The van der Waals surface area contributed by atoms with E-state index in [1.165, 1.54) is 6.20 Å². The number of nitrogens with zero attached hydrogens (tertiary/aromatic N) is 3. The van der Waals surface area contributed by atoms with Crippen molar-refractivity contribution in [2.75, 3.05) is 31.1 Å². The Morgan fingerprint density at radius 2 is 2.00 bits per heavy atom. The van der Waals surface area contributed by atoms with Gasteiger partial charge in [-0.3, -0.25) is 9.69 Å². The third kappa shape index (κ3) is 3.61. The molecule has 0 aliphatic carbocycles. The summed E-state index contributed by atoms with van der Waals surface area (Å²) in [4.78, 5) is 31.0. The lowest BCUT2D eigenvalue weighted by molar-refractivity contribution is -0.142. The van der Waals surface area contributed by atoms with Crippen LogP contribution in [-0.4, -0.2) is 64.3 Å². The first-order chi connectivity index (χ1) is 11.9. The molecule has 1 aromatic heterocycles. The molecule has 3 heterocycles. The Hall–Kier alpha value is -2.15. The first-order valence-corrected chi connectivity index (χ1v) is 8.85. The molecule has 3 rings (SSSR count). The standard InChI is InChI=1S/C18H25N3O4/c1-2-7-21-12-18(10-14(21)17(24)25)5-8-20(9-6-18)15-4-3-13(11-19-15)16(22)23/h3-4,11,14H,2,5-10,12H2,1H3,(H,22,23)(H,24,25)/t14-/m1/s1. The normalized spacial score (nSPS) is 23.1. The van der Waals surface area contributed by atoms with Crippen molar-refractivity contribution in [1.29, 1.82) is 0 Å². The zero-order valence-corrected chi connectivity index (χ0v) is 14.5. The Morgan fingerprint density at radius 1 is 1.28 bits per heavy atom. The summed E-state index contributed by atoms with van der Waals surface area (Å²) >= 11 is 0. The number of anilines is 1. The number of piperidine rings is 1. The first-order valence-electron chi connectivity index (χ1n) is 8.85. The van der Waals surface area contributed by atoms with Crippen LogP contribution in [0.5, 0.6) is 0 Å². The van der Waals surface area contributed by atoms with E-state index in [1.807, 2.05) is 0 Å². The van der Waals surface area contributed by atoms with Crippen LogP contribution in [0.2, 0.25) is 0 Å². The Balaban J connectivity index is 1.65. The molecule has 25 heavy (non-hydrogen) atoms. The molecule has 0 bridgehead atoms. The summed E-state index contributed by atoms with van der Waals surface area (Å²) in [6.45, 7) is 5.42. The topological polar surface area (TPSA) is 94.0 Å². The molecular weight excluding hydrogens is 322 g/mol. The van der Waals surface area contributed by atoms with Gasteiger partial charge in [0, 0.05) is 25.8 Å². The van der Waals surface area contributed by atoms with E-state index < -0.39 is 11.9 Å². The third-order valence-electron chi connectivity index (χ3n) is 5.54. The van der Waals surface area contributed by atoms with Gasteiger partial charge in [0.05, 0.1) is 5.56 Å². The highest BCUT2D eigenvalue weighted by Gasteiger charge is 2.47. The summed E-state index contributed by atoms with van der Waals surface area (Å²) in [7, 11) is 0. The van der Waals surface area contributed by atoms with Crippen molar-refractivity contribution >= 4 is 17.8 Å². The molecule has 1 spiro atoms. The van der Waals surface area contributed by atoms with E-state index in [-0.39, 0.29) is 17.0 Å². The average molecular weight is 347 g/mol. The Bertz CT molecular complexity index is 638. The van der Waals surface area contributed by atoms with Gasteiger partial charge in [-0.15, -0.1) is 0 Å². The summed E-state index contributed by atoms with van der Waals surface area (Å²) in [5, 5.41) is 18.5. The van der Waals surface area contributed by atoms with Gasteiger partial charge < -0.3 is 15.1 Å². The molecule has 2 N–H and O–H groups in total. The summed E-state index contributed by atoms with van der Waals surface area (Å²) in [6, 6.07) is 2.97. The Kier molecular flexibility index (Phi) is 4.94. The second-order valence-corrected chi connectivity index (χ2v) is 7.23. The molecule has 136 valence electrons. The van der Waals surface area contributed by atoms with Crippen LogP contribution in [0.3, 0.4) is 0 Å². The van der Waals surface area contributed by atoms with Crippen molar-refractivity contribution in [1.82, 2.24) is 9.88 Å². The summed E-state index contributed by atoms with van der Waals surface area (Å²) in [5.74, 6) is -0.893. The van der Waals surface area contributed by atoms with E-state index in [1.54, 1.807) is 12.1 Å². The molecule has 0 aromatic carbocycles. The zero-order chi connectivity index (χ0) is 18.0. The smallest absolute Gasteiger partial charge is 0.337 e. The number of carboxylic acid groups (broad SMARTS) is 2. The fraction of sp³-hybridized carbons (Fsp3) is 0.611. The van der Waals surface area contributed by atoms with Crippen LogP contribution in [0.1, 0.15) is 43.0 Å². The lowest BCUT2D eigenvalue weighted by Crippen LogP contribution is -2.42. The molecule has 7 heteroatoms. The van der Waals surface area contributed by atoms with Gasteiger partial charge in [0.15, 0.2) is 0 Å². The van der Waals surface area contributed by atoms with Crippen LogP contribution in [0, 0.1) is 5.41 Å². The maximum Gasteiger partial charge on any atom is 0.337 e. The molecule has 2 aliphatic heterocycles. The van der Waals surface area contributed by atoms with Crippen molar-refractivity contribution in [3.63, 3.8) is 0 Å². The van der Waals surface area contributed by atoms with E-state index in [9.17, 15) is 14.7 Å². The molecule has 2 fully saturated rings. The largest absolute Gasteiger partial charge is 0.480 e. The van der Waals surface area contributed by atoms with Gasteiger partial charge in [-0.25, -0.2) is 9.78 Å². The number of pyridine rings is 1. The minimum Gasteiger partial charge on any atom is -0.480 e. The number of aromatic carboxylic acids is 1. The molecule has 0 unspecified atom stereocenters. The van der Waals surface area contributed by atoms with Crippen LogP contribution >= 0.6 is 0 Å². The number of carbonyl (C=O) groups is 2. The predicted molar refractivity (Wildman–Crippen MR) is 93.0 cm³/mol. The monoisotopic (exact) mass is 347 g/mol. The van der Waals surface area contributed by atoms with Gasteiger partial charge in [0.1, 0.15) is 11.9 Å². The van der Waals surface area contributed by atoms with Gasteiger partial charge in [-0.2, -0.15) is 0 Å². The van der Waals surface area contributed by atoms with Gasteiger partial charge in [-0.05, 0) is 49.8 Å². The van der Waals surface area contributed by atoms with Crippen molar-refractivity contribution in [3.05, 3.63) is 23.9 Å². The fourth-order valence-electron chi connectivity index (χ4n) is 4.18. The van der Waals surface area contributed by atoms with Crippen LogP contribution in [0.4, 0.5) is 5.82 Å². The first kappa shape index (κ1) is 17.7. The van der Waals surface area contributed by atoms with Crippen molar-refractivity contribution < 1.29 is 19.8 Å². The average Bonchev–Trinajstić information content (AvgIpc) is 2.94. The highest BCUT2D eigenvalue weighted by molar-refractivity contribution is 5.87.